The number of H-pyrrole nitrogens is 1. The molecule has 14 heavy (non-hydrogen) atoms. The monoisotopic (exact) mass is 191 g/mol. The summed E-state index contributed by atoms with van der Waals surface area (Å²) in [5.74, 6) is 0.985. The van der Waals surface area contributed by atoms with Gasteiger partial charge >= 0.3 is 0 Å². The highest BCUT2D eigenvalue weighted by Crippen LogP contribution is 2.12. The fourth-order valence-electron chi connectivity index (χ4n) is 1.37. The topological polar surface area (TPSA) is 72.5 Å². The van der Waals surface area contributed by atoms with Gasteiger partial charge in [-0.1, -0.05) is 0 Å². The molecule has 0 aliphatic heterocycles. The Morgan fingerprint density at radius 1 is 1.64 bits per heavy atom. The fourth-order valence-corrected chi connectivity index (χ4v) is 1.37. The van der Waals surface area contributed by atoms with E-state index in [1.807, 2.05) is 24.0 Å². The molecule has 0 spiro atoms. The Kier molecular flexibility index (Phi) is 2.32. The highest BCUT2D eigenvalue weighted by Gasteiger charge is 2.10. The average Bonchev–Trinajstić information content (AvgIpc) is 2.77. The Balaban J connectivity index is 2.09. The van der Waals surface area contributed by atoms with Crippen LogP contribution < -0.4 is 5.73 Å². The van der Waals surface area contributed by atoms with Gasteiger partial charge in [0.05, 0.1) is 6.20 Å². The molecule has 0 fully saturated rings. The van der Waals surface area contributed by atoms with E-state index in [2.05, 4.69) is 15.2 Å². The number of imidazole rings is 1. The number of nitrogens with zero attached hydrogens (tertiary/aromatic N) is 3. The second-order valence-electron chi connectivity index (χ2n) is 3.30. The molecular weight excluding hydrogens is 178 g/mol. The van der Waals surface area contributed by atoms with Crippen LogP contribution in [-0.4, -0.2) is 19.7 Å². The third-order valence-corrected chi connectivity index (χ3v) is 2.27. The molecule has 0 aromatic carbocycles. The lowest BCUT2D eigenvalue weighted by atomic mass is 10.1. The average molecular weight is 191 g/mol. The Labute approximate surface area is 82.0 Å². The van der Waals surface area contributed by atoms with E-state index in [4.69, 9.17) is 5.73 Å². The SMILES string of the molecule is Cn1ccnc1CC(N)c1cn[nH]c1. The minimum atomic E-state index is -0.0464. The minimum Gasteiger partial charge on any atom is -0.338 e. The van der Waals surface area contributed by atoms with E-state index < -0.39 is 0 Å². The van der Waals surface area contributed by atoms with Crippen molar-refractivity contribution >= 4 is 0 Å². The maximum absolute atomic E-state index is 5.99. The summed E-state index contributed by atoms with van der Waals surface area (Å²) in [5.41, 5.74) is 6.99. The predicted octanol–water partition coefficient (Wildman–Crippen LogP) is 0.386. The maximum atomic E-state index is 5.99. The normalized spacial score (nSPS) is 13.0. The summed E-state index contributed by atoms with van der Waals surface area (Å²) in [4.78, 5) is 4.22. The van der Waals surface area contributed by atoms with E-state index in [-0.39, 0.29) is 6.04 Å². The zero-order valence-corrected chi connectivity index (χ0v) is 8.01. The summed E-state index contributed by atoms with van der Waals surface area (Å²) in [6.07, 6.45) is 7.97. The van der Waals surface area contributed by atoms with Crippen LogP contribution in [0.5, 0.6) is 0 Å². The van der Waals surface area contributed by atoms with Crippen LogP contribution in [0, 0.1) is 0 Å². The summed E-state index contributed by atoms with van der Waals surface area (Å²) < 4.78 is 1.97. The smallest absolute Gasteiger partial charge is 0.110 e. The number of nitrogens with two attached hydrogens (primary N) is 1. The van der Waals surface area contributed by atoms with Crippen molar-refractivity contribution in [3.8, 4) is 0 Å². The molecule has 1 unspecified atom stereocenters. The van der Waals surface area contributed by atoms with Crippen molar-refractivity contribution in [2.24, 2.45) is 12.8 Å². The van der Waals surface area contributed by atoms with Gasteiger partial charge in [-0.3, -0.25) is 5.10 Å². The molecule has 2 aromatic rings. The van der Waals surface area contributed by atoms with Gasteiger partial charge in [0.25, 0.3) is 0 Å². The zero-order valence-electron chi connectivity index (χ0n) is 8.01. The zero-order chi connectivity index (χ0) is 9.97. The number of rotatable bonds is 3. The number of hydrogen-bond acceptors (Lipinski definition) is 3. The molecule has 74 valence electrons. The van der Waals surface area contributed by atoms with Gasteiger partial charge in [-0.25, -0.2) is 4.98 Å². The molecule has 1 atom stereocenters. The lowest BCUT2D eigenvalue weighted by Gasteiger charge is -2.08. The van der Waals surface area contributed by atoms with Crippen LogP contribution in [0.1, 0.15) is 17.4 Å². The molecule has 5 heteroatoms. The van der Waals surface area contributed by atoms with Crippen LogP contribution in [0.4, 0.5) is 0 Å². The van der Waals surface area contributed by atoms with Crippen molar-refractivity contribution < 1.29 is 0 Å². The van der Waals surface area contributed by atoms with Crippen LogP contribution in [0.3, 0.4) is 0 Å². The molecule has 2 heterocycles. The highest BCUT2D eigenvalue weighted by molar-refractivity contribution is 5.11. The van der Waals surface area contributed by atoms with Crippen molar-refractivity contribution in [3.63, 3.8) is 0 Å². The van der Waals surface area contributed by atoms with Crippen molar-refractivity contribution in [2.75, 3.05) is 0 Å². The number of aromatic amines is 1. The van der Waals surface area contributed by atoms with Gasteiger partial charge in [-0.2, -0.15) is 5.10 Å². The maximum Gasteiger partial charge on any atom is 0.110 e. The van der Waals surface area contributed by atoms with Gasteiger partial charge in [-0.05, 0) is 0 Å². The van der Waals surface area contributed by atoms with E-state index in [1.165, 1.54) is 0 Å². The lowest BCUT2D eigenvalue weighted by Crippen LogP contribution is -2.15. The molecule has 0 aliphatic carbocycles. The Hall–Kier alpha value is -1.62. The minimum absolute atomic E-state index is 0.0464. The Morgan fingerprint density at radius 2 is 2.50 bits per heavy atom. The molecule has 2 rings (SSSR count). The van der Waals surface area contributed by atoms with Crippen molar-refractivity contribution in [2.45, 2.75) is 12.5 Å². The van der Waals surface area contributed by atoms with Crippen LogP contribution in [0.15, 0.2) is 24.8 Å². The van der Waals surface area contributed by atoms with Crippen LogP contribution in [-0.2, 0) is 13.5 Å². The van der Waals surface area contributed by atoms with E-state index in [0.29, 0.717) is 0 Å². The standard InChI is InChI=1S/C9H13N5/c1-14-3-2-11-9(14)4-8(10)7-5-12-13-6-7/h2-3,5-6,8H,4,10H2,1H3,(H,12,13). The second kappa shape index (κ2) is 3.63. The molecule has 0 saturated carbocycles. The van der Waals surface area contributed by atoms with E-state index in [0.717, 1.165) is 17.8 Å². The summed E-state index contributed by atoms with van der Waals surface area (Å²) >= 11 is 0. The van der Waals surface area contributed by atoms with Gasteiger partial charge in [0.15, 0.2) is 0 Å². The molecular formula is C9H13N5. The number of aryl methyl sites for hydroxylation is 1. The van der Waals surface area contributed by atoms with Gasteiger partial charge in [0, 0.05) is 43.7 Å². The third-order valence-electron chi connectivity index (χ3n) is 2.27. The lowest BCUT2D eigenvalue weighted by molar-refractivity contribution is 0.660. The van der Waals surface area contributed by atoms with Crippen molar-refractivity contribution in [1.82, 2.24) is 19.7 Å². The van der Waals surface area contributed by atoms with Gasteiger partial charge in [0.1, 0.15) is 5.82 Å². The molecule has 0 saturated heterocycles. The summed E-state index contributed by atoms with van der Waals surface area (Å²) in [6.45, 7) is 0. The molecule has 5 nitrogen and oxygen atoms in total. The molecule has 2 aromatic heterocycles. The van der Waals surface area contributed by atoms with Crippen molar-refractivity contribution in [3.05, 3.63) is 36.2 Å². The number of nitrogens with one attached hydrogen (secondary N) is 1. The predicted molar refractivity (Wildman–Crippen MR) is 52.4 cm³/mol. The highest BCUT2D eigenvalue weighted by atomic mass is 15.1. The van der Waals surface area contributed by atoms with Crippen LogP contribution in [0.25, 0.3) is 0 Å². The van der Waals surface area contributed by atoms with Gasteiger partial charge in [0.2, 0.25) is 0 Å². The summed E-state index contributed by atoms with van der Waals surface area (Å²) in [5, 5.41) is 6.61. The van der Waals surface area contributed by atoms with E-state index in [9.17, 15) is 0 Å². The van der Waals surface area contributed by atoms with Crippen LogP contribution >= 0.6 is 0 Å². The fraction of sp³-hybridized carbons (Fsp3) is 0.333. The molecule has 0 aliphatic rings. The first kappa shape index (κ1) is 8.96. The van der Waals surface area contributed by atoms with E-state index >= 15 is 0 Å². The van der Waals surface area contributed by atoms with Gasteiger partial charge < -0.3 is 10.3 Å². The summed E-state index contributed by atoms with van der Waals surface area (Å²) in [6, 6.07) is -0.0464. The first-order chi connectivity index (χ1) is 6.77. The van der Waals surface area contributed by atoms with Gasteiger partial charge in [-0.15, -0.1) is 0 Å². The quantitative estimate of drug-likeness (QED) is 0.737. The molecule has 0 amide bonds. The third kappa shape index (κ3) is 1.67. The largest absolute Gasteiger partial charge is 0.338 e. The Morgan fingerprint density at radius 3 is 3.07 bits per heavy atom. The summed E-state index contributed by atoms with van der Waals surface area (Å²) in [7, 11) is 1.96. The van der Waals surface area contributed by atoms with E-state index in [1.54, 1.807) is 12.4 Å². The second-order valence-corrected chi connectivity index (χ2v) is 3.30. The first-order valence-electron chi connectivity index (χ1n) is 4.48. The molecule has 3 N–H and O–H groups in total. The van der Waals surface area contributed by atoms with Crippen molar-refractivity contribution in [1.29, 1.82) is 0 Å². The molecule has 0 bridgehead atoms. The first-order valence-corrected chi connectivity index (χ1v) is 4.48. The number of hydrogen-bond donors (Lipinski definition) is 2. The number of aromatic nitrogens is 4. The molecule has 0 radical (unpaired) electrons. The van der Waals surface area contributed by atoms with Crippen LogP contribution in [0.2, 0.25) is 0 Å². The Bertz CT molecular complexity index is 389.